The standard InChI is InChI=1S/C20H24N4O3/c1-13-17(20(27)22-14(2)21-13)11-18(25)24-10-6-7-15(12-24)19(26)23-16-8-4-3-5-9-16/h3-5,8-9,15H,6-7,10-12H2,1-2H3,(H,23,26)(H,21,22,27). The molecule has 1 aliphatic heterocycles. The molecule has 3 rings (SSSR count). The Kier molecular flexibility index (Phi) is 5.69. The molecule has 1 atom stereocenters. The Bertz CT molecular complexity index is 892. The maximum absolute atomic E-state index is 12.7. The van der Waals surface area contributed by atoms with E-state index in [1.54, 1.807) is 18.7 Å². The molecular weight excluding hydrogens is 344 g/mol. The molecule has 0 spiro atoms. The lowest BCUT2D eigenvalue weighted by atomic mass is 9.96. The van der Waals surface area contributed by atoms with Gasteiger partial charge in [-0.25, -0.2) is 4.98 Å². The number of hydrogen-bond donors (Lipinski definition) is 2. The highest BCUT2D eigenvalue weighted by atomic mass is 16.2. The zero-order valence-electron chi connectivity index (χ0n) is 15.6. The van der Waals surface area contributed by atoms with Gasteiger partial charge in [-0.1, -0.05) is 18.2 Å². The molecule has 1 saturated heterocycles. The van der Waals surface area contributed by atoms with Crippen LogP contribution in [-0.4, -0.2) is 39.8 Å². The fraction of sp³-hybridized carbons (Fsp3) is 0.400. The smallest absolute Gasteiger partial charge is 0.254 e. The molecule has 7 nitrogen and oxygen atoms in total. The molecule has 7 heteroatoms. The zero-order chi connectivity index (χ0) is 19.4. The van der Waals surface area contributed by atoms with Gasteiger partial charge in [0, 0.05) is 30.0 Å². The summed E-state index contributed by atoms with van der Waals surface area (Å²) in [7, 11) is 0. The summed E-state index contributed by atoms with van der Waals surface area (Å²) in [5.41, 5.74) is 1.43. The minimum atomic E-state index is -0.274. The van der Waals surface area contributed by atoms with E-state index in [0.29, 0.717) is 30.2 Å². The molecule has 0 aliphatic carbocycles. The van der Waals surface area contributed by atoms with Crippen molar-refractivity contribution in [1.82, 2.24) is 14.9 Å². The number of para-hydroxylation sites is 1. The van der Waals surface area contributed by atoms with Crippen molar-refractivity contribution >= 4 is 17.5 Å². The number of nitrogens with zero attached hydrogens (tertiary/aromatic N) is 2. The van der Waals surface area contributed by atoms with Crippen molar-refractivity contribution in [1.29, 1.82) is 0 Å². The molecule has 1 fully saturated rings. The summed E-state index contributed by atoms with van der Waals surface area (Å²) in [6.45, 7) is 4.41. The molecule has 2 amide bonds. The van der Waals surface area contributed by atoms with Crippen molar-refractivity contribution in [3.05, 3.63) is 57.8 Å². The van der Waals surface area contributed by atoms with Gasteiger partial charge in [0.25, 0.3) is 5.56 Å². The maximum Gasteiger partial charge on any atom is 0.254 e. The number of benzene rings is 1. The number of amides is 2. The Morgan fingerprint density at radius 3 is 2.70 bits per heavy atom. The van der Waals surface area contributed by atoms with Gasteiger partial charge in [0.1, 0.15) is 5.82 Å². The number of nitrogens with one attached hydrogen (secondary N) is 2. The van der Waals surface area contributed by atoms with Crippen LogP contribution in [0.15, 0.2) is 35.1 Å². The number of aromatic amines is 1. The number of carbonyl (C=O) groups excluding carboxylic acids is 2. The SMILES string of the molecule is Cc1nc(C)c(CC(=O)N2CCCC(C(=O)Nc3ccccc3)C2)c(=O)[nH]1. The molecule has 2 aromatic rings. The number of likely N-dealkylation sites (tertiary alicyclic amines) is 1. The second-order valence-electron chi connectivity index (χ2n) is 6.93. The first-order valence-electron chi connectivity index (χ1n) is 9.14. The number of aryl methyl sites for hydroxylation is 2. The van der Waals surface area contributed by atoms with E-state index in [2.05, 4.69) is 15.3 Å². The summed E-state index contributed by atoms with van der Waals surface area (Å²) in [6, 6.07) is 9.29. The third-order valence-corrected chi connectivity index (χ3v) is 4.85. The fourth-order valence-corrected chi connectivity index (χ4v) is 3.41. The van der Waals surface area contributed by atoms with Crippen molar-refractivity contribution in [2.45, 2.75) is 33.1 Å². The van der Waals surface area contributed by atoms with Crippen LogP contribution in [0.25, 0.3) is 0 Å². The van der Waals surface area contributed by atoms with Crippen LogP contribution in [0.1, 0.15) is 29.9 Å². The van der Waals surface area contributed by atoms with Crippen molar-refractivity contribution in [2.75, 3.05) is 18.4 Å². The summed E-state index contributed by atoms with van der Waals surface area (Å²) < 4.78 is 0. The summed E-state index contributed by atoms with van der Waals surface area (Å²) in [5, 5.41) is 2.90. The molecule has 0 radical (unpaired) electrons. The fourth-order valence-electron chi connectivity index (χ4n) is 3.41. The Hall–Kier alpha value is -2.96. The van der Waals surface area contributed by atoms with E-state index in [-0.39, 0.29) is 29.7 Å². The van der Waals surface area contributed by atoms with Crippen LogP contribution in [0.2, 0.25) is 0 Å². The Morgan fingerprint density at radius 2 is 2.00 bits per heavy atom. The van der Waals surface area contributed by atoms with Gasteiger partial charge in [0.15, 0.2) is 0 Å². The Labute approximate surface area is 157 Å². The normalized spacial score (nSPS) is 16.8. The van der Waals surface area contributed by atoms with Gasteiger partial charge < -0.3 is 15.2 Å². The third-order valence-electron chi connectivity index (χ3n) is 4.85. The molecule has 1 aromatic carbocycles. The minimum absolute atomic E-state index is 0.00146. The van der Waals surface area contributed by atoms with Crippen molar-refractivity contribution in [3.8, 4) is 0 Å². The largest absolute Gasteiger partial charge is 0.342 e. The molecular formula is C20H24N4O3. The second kappa shape index (κ2) is 8.16. The molecule has 27 heavy (non-hydrogen) atoms. The van der Waals surface area contributed by atoms with Crippen molar-refractivity contribution in [2.24, 2.45) is 5.92 Å². The predicted molar refractivity (Wildman–Crippen MR) is 102 cm³/mol. The van der Waals surface area contributed by atoms with Crippen LogP contribution in [0.4, 0.5) is 5.69 Å². The van der Waals surface area contributed by atoms with Gasteiger partial charge in [-0.15, -0.1) is 0 Å². The lowest BCUT2D eigenvalue weighted by molar-refractivity contribution is -0.134. The highest BCUT2D eigenvalue weighted by Crippen LogP contribution is 2.19. The van der Waals surface area contributed by atoms with Gasteiger partial charge in [0.05, 0.1) is 12.3 Å². The molecule has 2 heterocycles. The number of aromatic nitrogens is 2. The molecule has 1 unspecified atom stereocenters. The van der Waals surface area contributed by atoms with Gasteiger partial charge in [-0.2, -0.15) is 0 Å². The van der Waals surface area contributed by atoms with E-state index in [1.807, 2.05) is 30.3 Å². The zero-order valence-corrected chi connectivity index (χ0v) is 15.6. The summed E-state index contributed by atoms with van der Waals surface area (Å²) in [4.78, 5) is 45.9. The summed E-state index contributed by atoms with van der Waals surface area (Å²) >= 11 is 0. The van der Waals surface area contributed by atoms with Crippen LogP contribution in [0.5, 0.6) is 0 Å². The van der Waals surface area contributed by atoms with Crippen LogP contribution < -0.4 is 10.9 Å². The lowest BCUT2D eigenvalue weighted by Gasteiger charge is -2.32. The molecule has 142 valence electrons. The van der Waals surface area contributed by atoms with Gasteiger partial charge in [0.2, 0.25) is 11.8 Å². The highest BCUT2D eigenvalue weighted by Gasteiger charge is 2.29. The third kappa shape index (κ3) is 4.61. The first kappa shape index (κ1) is 18.8. The van der Waals surface area contributed by atoms with E-state index in [0.717, 1.165) is 18.5 Å². The van der Waals surface area contributed by atoms with Crippen molar-refractivity contribution in [3.63, 3.8) is 0 Å². The second-order valence-corrected chi connectivity index (χ2v) is 6.93. The van der Waals surface area contributed by atoms with Crippen molar-refractivity contribution < 1.29 is 9.59 Å². The molecule has 0 saturated carbocycles. The van der Waals surface area contributed by atoms with Gasteiger partial charge in [-0.05, 0) is 38.8 Å². The van der Waals surface area contributed by atoms with Crippen LogP contribution >= 0.6 is 0 Å². The monoisotopic (exact) mass is 368 g/mol. The minimum Gasteiger partial charge on any atom is -0.342 e. The van der Waals surface area contributed by atoms with E-state index in [9.17, 15) is 14.4 Å². The van der Waals surface area contributed by atoms with E-state index >= 15 is 0 Å². The van der Waals surface area contributed by atoms with E-state index in [4.69, 9.17) is 0 Å². The van der Waals surface area contributed by atoms with Crippen LogP contribution in [0, 0.1) is 19.8 Å². The van der Waals surface area contributed by atoms with Crippen LogP contribution in [0.3, 0.4) is 0 Å². The first-order valence-corrected chi connectivity index (χ1v) is 9.14. The average Bonchev–Trinajstić information content (AvgIpc) is 2.65. The van der Waals surface area contributed by atoms with Gasteiger partial charge >= 0.3 is 0 Å². The average molecular weight is 368 g/mol. The topological polar surface area (TPSA) is 95.2 Å². The number of hydrogen-bond acceptors (Lipinski definition) is 4. The Morgan fingerprint density at radius 1 is 1.26 bits per heavy atom. The predicted octanol–water partition coefficient (Wildman–Crippen LogP) is 1.81. The lowest BCUT2D eigenvalue weighted by Crippen LogP contribution is -2.44. The number of anilines is 1. The van der Waals surface area contributed by atoms with Crippen LogP contribution in [-0.2, 0) is 16.0 Å². The number of H-pyrrole nitrogens is 1. The number of rotatable bonds is 4. The molecule has 1 aromatic heterocycles. The van der Waals surface area contributed by atoms with E-state index in [1.165, 1.54) is 0 Å². The summed E-state index contributed by atoms with van der Waals surface area (Å²) in [5.74, 6) is 0.0546. The Balaban J connectivity index is 1.64. The molecule has 1 aliphatic rings. The maximum atomic E-state index is 12.7. The number of piperidine rings is 1. The first-order chi connectivity index (χ1) is 12.9. The van der Waals surface area contributed by atoms with Gasteiger partial charge in [-0.3, -0.25) is 14.4 Å². The number of carbonyl (C=O) groups is 2. The highest BCUT2D eigenvalue weighted by molar-refractivity contribution is 5.93. The summed E-state index contributed by atoms with van der Waals surface area (Å²) in [6.07, 6.45) is 1.51. The quantitative estimate of drug-likeness (QED) is 0.860. The molecule has 0 bridgehead atoms. The van der Waals surface area contributed by atoms with E-state index < -0.39 is 0 Å². The molecule has 2 N–H and O–H groups in total.